The van der Waals surface area contributed by atoms with Gasteiger partial charge in [-0.15, -0.1) is 0 Å². The molecule has 0 radical (unpaired) electrons. The van der Waals surface area contributed by atoms with Crippen molar-refractivity contribution in [1.82, 2.24) is 9.47 Å². The fraction of sp³-hybridized carbons (Fsp3) is 0.312. The van der Waals surface area contributed by atoms with Crippen molar-refractivity contribution in [3.05, 3.63) is 53.3 Å². The molecule has 2 aromatic rings. The first kappa shape index (κ1) is 10.9. The number of carbonyl (C=O) groups excluding carboxylic acids is 1. The van der Waals surface area contributed by atoms with E-state index in [0.717, 1.165) is 18.5 Å². The van der Waals surface area contributed by atoms with Crippen LogP contribution in [0.2, 0.25) is 0 Å². The van der Waals surface area contributed by atoms with E-state index in [1.807, 2.05) is 30.3 Å². The highest BCUT2D eigenvalue weighted by Gasteiger charge is 2.53. The largest absolute Gasteiger partial charge is 0.331 e. The molecule has 19 heavy (non-hydrogen) atoms. The van der Waals surface area contributed by atoms with Crippen LogP contribution in [0, 0.1) is 6.92 Å². The summed E-state index contributed by atoms with van der Waals surface area (Å²) in [4.78, 5) is 14.6. The van der Waals surface area contributed by atoms with Gasteiger partial charge in [-0.2, -0.15) is 0 Å². The number of nitrogens with zero attached hydrogens (tertiary/aromatic N) is 2. The molecule has 0 atom stereocenters. The molecule has 0 N–H and O–H groups in total. The minimum absolute atomic E-state index is 0.0720. The summed E-state index contributed by atoms with van der Waals surface area (Å²) in [5.41, 5.74) is 4.40. The van der Waals surface area contributed by atoms with Crippen LogP contribution in [0.3, 0.4) is 0 Å². The molecular formula is C16H16N2O. The first-order valence-electron chi connectivity index (χ1n) is 6.71. The lowest BCUT2D eigenvalue weighted by molar-refractivity contribution is 0.0705. The molecule has 1 saturated carbocycles. The molecule has 1 aliphatic carbocycles. The molecular weight excluding hydrogens is 236 g/mol. The van der Waals surface area contributed by atoms with Crippen LogP contribution in [0.15, 0.2) is 36.5 Å². The molecule has 2 heterocycles. The van der Waals surface area contributed by atoms with Gasteiger partial charge < -0.3 is 9.47 Å². The summed E-state index contributed by atoms with van der Waals surface area (Å²) < 4.78 is 2.05. The zero-order valence-corrected chi connectivity index (χ0v) is 11.2. The number of benzene rings is 1. The highest BCUT2D eigenvalue weighted by Crippen LogP contribution is 2.54. The molecule has 1 aromatic heterocycles. The molecule has 96 valence electrons. The molecule has 0 unspecified atom stereocenters. The third-order valence-corrected chi connectivity index (χ3v) is 4.62. The number of aryl methyl sites for hydroxylation is 1. The fourth-order valence-electron chi connectivity index (χ4n) is 3.37. The molecule has 1 amide bonds. The normalized spacial score (nSPS) is 19.1. The second-order valence-electron chi connectivity index (χ2n) is 5.63. The third kappa shape index (κ3) is 1.20. The van der Waals surface area contributed by atoms with Gasteiger partial charge in [0, 0.05) is 18.8 Å². The monoisotopic (exact) mass is 252 g/mol. The summed E-state index contributed by atoms with van der Waals surface area (Å²) in [6.07, 6.45) is 4.13. The van der Waals surface area contributed by atoms with E-state index in [-0.39, 0.29) is 11.4 Å². The van der Waals surface area contributed by atoms with Gasteiger partial charge in [0.15, 0.2) is 0 Å². The van der Waals surface area contributed by atoms with Gasteiger partial charge in [-0.05, 0) is 37.5 Å². The lowest BCUT2D eigenvalue weighted by atomic mass is 9.98. The van der Waals surface area contributed by atoms with Crippen LogP contribution in [0.25, 0.3) is 5.69 Å². The third-order valence-electron chi connectivity index (χ3n) is 4.62. The summed E-state index contributed by atoms with van der Waals surface area (Å²) in [7, 11) is 1.93. The minimum atomic E-state index is -0.0720. The molecule has 3 nitrogen and oxygen atoms in total. The van der Waals surface area contributed by atoms with Crippen molar-refractivity contribution in [2.75, 3.05) is 7.05 Å². The predicted octanol–water partition coefficient (Wildman–Crippen LogP) is 2.86. The number of aromatic nitrogens is 1. The van der Waals surface area contributed by atoms with Crippen LogP contribution in [-0.4, -0.2) is 22.4 Å². The number of rotatable bonds is 0. The maximum absolute atomic E-state index is 12.6. The first-order chi connectivity index (χ1) is 9.15. The average molecular weight is 252 g/mol. The van der Waals surface area contributed by atoms with E-state index in [2.05, 4.69) is 29.7 Å². The Morgan fingerprint density at radius 3 is 2.68 bits per heavy atom. The lowest BCUT2D eigenvalue weighted by Crippen LogP contribution is -2.36. The van der Waals surface area contributed by atoms with Crippen molar-refractivity contribution in [3.8, 4) is 5.69 Å². The maximum atomic E-state index is 12.6. The Kier molecular flexibility index (Phi) is 1.88. The highest BCUT2D eigenvalue weighted by molar-refractivity contribution is 5.95. The zero-order valence-electron chi connectivity index (χ0n) is 11.2. The van der Waals surface area contributed by atoms with Gasteiger partial charge in [0.1, 0.15) is 5.69 Å². The van der Waals surface area contributed by atoms with Gasteiger partial charge in [-0.25, -0.2) is 0 Å². The molecule has 1 fully saturated rings. The van der Waals surface area contributed by atoms with Crippen molar-refractivity contribution < 1.29 is 4.79 Å². The molecule has 4 rings (SSSR count). The van der Waals surface area contributed by atoms with Gasteiger partial charge >= 0.3 is 0 Å². The topological polar surface area (TPSA) is 25.2 Å². The smallest absolute Gasteiger partial charge is 0.271 e. The maximum Gasteiger partial charge on any atom is 0.271 e. The second kappa shape index (κ2) is 3.29. The Morgan fingerprint density at radius 2 is 1.95 bits per heavy atom. The summed E-state index contributed by atoms with van der Waals surface area (Å²) in [5.74, 6) is 0.123. The SMILES string of the molecule is Cc1cccc2c1-n1cccc1C(=O)N(C)C21CC1. The average Bonchev–Trinajstić information content (AvgIpc) is 3.09. The Labute approximate surface area is 112 Å². The summed E-state index contributed by atoms with van der Waals surface area (Å²) >= 11 is 0. The highest BCUT2D eigenvalue weighted by atomic mass is 16.2. The van der Waals surface area contributed by atoms with Crippen molar-refractivity contribution in [3.63, 3.8) is 0 Å². The van der Waals surface area contributed by atoms with E-state index in [4.69, 9.17) is 0 Å². The van der Waals surface area contributed by atoms with E-state index in [9.17, 15) is 4.79 Å². The molecule has 1 aliphatic heterocycles. The van der Waals surface area contributed by atoms with Crippen LogP contribution < -0.4 is 0 Å². The van der Waals surface area contributed by atoms with E-state index >= 15 is 0 Å². The number of fused-ring (bicyclic) bond motifs is 4. The van der Waals surface area contributed by atoms with Crippen molar-refractivity contribution in [1.29, 1.82) is 0 Å². The van der Waals surface area contributed by atoms with Gasteiger partial charge in [-0.1, -0.05) is 18.2 Å². The Bertz CT molecular complexity index is 695. The number of carbonyl (C=O) groups is 1. The number of hydrogen-bond acceptors (Lipinski definition) is 1. The van der Waals surface area contributed by atoms with Gasteiger partial charge in [-0.3, -0.25) is 4.79 Å². The Balaban J connectivity index is 2.12. The Hall–Kier alpha value is -2.03. The van der Waals surface area contributed by atoms with Gasteiger partial charge in [0.25, 0.3) is 5.91 Å². The van der Waals surface area contributed by atoms with Crippen LogP contribution in [0.1, 0.15) is 34.5 Å². The second-order valence-corrected chi connectivity index (χ2v) is 5.63. The first-order valence-corrected chi connectivity index (χ1v) is 6.71. The van der Waals surface area contributed by atoms with Crippen LogP contribution in [0.5, 0.6) is 0 Å². The summed E-state index contributed by atoms with van der Waals surface area (Å²) in [6, 6.07) is 10.3. The predicted molar refractivity (Wildman–Crippen MR) is 73.5 cm³/mol. The van der Waals surface area contributed by atoms with Crippen molar-refractivity contribution in [2.45, 2.75) is 25.3 Å². The van der Waals surface area contributed by atoms with E-state index in [0.29, 0.717) is 0 Å². The van der Waals surface area contributed by atoms with Gasteiger partial charge in [0.2, 0.25) is 0 Å². The fourth-order valence-corrected chi connectivity index (χ4v) is 3.37. The number of hydrogen-bond donors (Lipinski definition) is 0. The standard InChI is InChI=1S/C16H16N2O/c1-11-5-3-6-12-14(11)18-10-4-7-13(18)15(19)17(2)16(12)8-9-16/h3-7,10H,8-9H2,1-2H3. The van der Waals surface area contributed by atoms with Crippen LogP contribution >= 0.6 is 0 Å². The number of para-hydroxylation sites is 1. The molecule has 0 saturated heterocycles. The molecule has 2 aliphatic rings. The molecule has 3 heteroatoms. The Morgan fingerprint density at radius 1 is 1.16 bits per heavy atom. The van der Waals surface area contributed by atoms with Crippen LogP contribution in [-0.2, 0) is 5.54 Å². The summed E-state index contributed by atoms with van der Waals surface area (Å²) in [6.45, 7) is 2.12. The number of amides is 1. The molecule has 0 bridgehead atoms. The van der Waals surface area contributed by atoms with Crippen molar-refractivity contribution in [2.24, 2.45) is 0 Å². The zero-order chi connectivity index (χ0) is 13.2. The van der Waals surface area contributed by atoms with E-state index < -0.39 is 0 Å². The van der Waals surface area contributed by atoms with Crippen LogP contribution in [0.4, 0.5) is 0 Å². The summed E-state index contributed by atoms with van der Waals surface area (Å²) in [5, 5.41) is 0. The minimum Gasteiger partial charge on any atom is -0.331 e. The van der Waals surface area contributed by atoms with E-state index in [1.165, 1.54) is 16.8 Å². The quantitative estimate of drug-likeness (QED) is 0.707. The lowest BCUT2D eigenvalue weighted by Gasteiger charge is -2.27. The molecule has 1 aromatic carbocycles. The van der Waals surface area contributed by atoms with Crippen molar-refractivity contribution >= 4 is 5.91 Å². The molecule has 1 spiro atoms. The van der Waals surface area contributed by atoms with E-state index in [1.54, 1.807) is 0 Å². The van der Waals surface area contributed by atoms with Gasteiger partial charge in [0.05, 0.1) is 11.2 Å².